The van der Waals surface area contributed by atoms with E-state index >= 15 is 0 Å². The van der Waals surface area contributed by atoms with Crippen LogP contribution in [0.3, 0.4) is 0 Å². The van der Waals surface area contributed by atoms with Crippen LogP contribution in [0.25, 0.3) is 0 Å². The van der Waals surface area contributed by atoms with E-state index in [-0.39, 0.29) is 17.2 Å². The van der Waals surface area contributed by atoms with E-state index in [1.165, 1.54) is 0 Å². The number of hydrogen-bond acceptors (Lipinski definition) is 4. The molecule has 3 rings (SSSR count). The molecule has 0 saturated carbocycles. The molecule has 160 valence electrons. The van der Waals surface area contributed by atoms with Crippen LogP contribution in [0.4, 0.5) is 0 Å². The first kappa shape index (κ1) is 21.5. The zero-order valence-corrected chi connectivity index (χ0v) is 18.4. The maximum Gasteiger partial charge on any atom is 0.230 e. The van der Waals surface area contributed by atoms with Crippen molar-refractivity contribution in [2.75, 3.05) is 33.9 Å². The lowest BCUT2D eigenvalue weighted by Gasteiger charge is -2.40. The van der Waals surface area contributed by atoms with Gasteiger partial charge in [0, 0.05) is 37.2 Å². The number of benzene rings is 1. The number of nitrogens with zero attached hydrogens (tertiary/aromatic N) is 2. The third kappa shape index (κ3) is 3.94. The van der Waals surface area contributed by atoms with Crippen molar-refractivity contribution in [1.29, 1.82) is 0 Å². The van der Waals surface area contributed by atoms with Gasteiger partial charge in [-0.2, -0.15) is 0 Å². The molecule has 2 saturated heterocycles. The van der Waals surface area contributed by atoms with Crippen molar-refractivity contribution in [3.05, 3.63) is 23.8 Å². The van der Waals surface area contributed by atoms with E-state index in [0.29, 0.717) is 31.1 Å². The fraction of sp³-hybridized carbons (Fsp3) is 0.652. The van der Waals surface area contributed by atoms with Crippen LogP contribution in [0.15, 0.2) is 18.2 Å². The number of likely N-dealkylation sites (tertiary alicyclic amines) is 2. The Labute approximate surface area is 174 Å². The minimum Gasteiger partial charge on any atom is -0.493 e. The molecule has 29 heavy (non-hydrogen) atoms. The lowest BCUT2D eigenvalue weighted by Crippen LogP contribution is -2.50. The molecule has 0 N–H and O–H groups in total. The summed E-state index contributed by atoms with van der Waals surface area (Å²) in [7, 11) is 3.24. The second-order valence-corrected chi connectivity index (χ2v) is 8.98. The molecular formula is C23H34N2O4. The first-order chi connectivity index (χ1) is 13.8. The van der Waals surface area contributed by atoms with Crippen LogP contribution >= 0.6 is 0 Å². The number of piperidine rings is 1. The average Bonchev–Trinajstić information content (AvgIpc) is 3.15. The molecule has 1 atom stereocenters. The monoisotopic (exact) mass is 402 g/mol. The Balaban J connectivity index is 1.77. The zero-order valence-electron chi connectivity index (χ0n) is 18.4. The summed E-state index contributed by atoms with van der Waals surface area (Å²) in [6.45, 7) is 8.46. The third-order valence-electron chi connectivity index (χ3n) is 6.77. The summed E-state index contributed by atoms with van der Waals surface area (Å²) < 4.78 is 10.9. The van der Waals surface area contributed by atoms with Gasteiger partial charge in [-0.25, -0.2) is 0 Å². The highest BCUT2D eigenvalue weighted by Crippen LogP contribution is 2.42. The fourth-order valence-corrected chi connectivity index (χ4v) is 4.59. The SMILES string of the molecule is CCC(C)(C)C(=O)N1CC[C@]2(CCCN(Cc3cccc(OC)c3OC)C2=O)C1. The van der Waals surface area contributed by atoms with Crippen LogP contribution in [0.2, 0.25) is 0 Å². The number of para-hydroxylation sites is 1. The maximum absolute atomic E-state index is 13.5. The van der Waals surface area contributed by atoms with E-state index in [1.807, 2.05) is 48.8 Å². The number of ether oxygens (including phenoxy) is 2. The Kier molecular flexibility index (Phi) is 6.11. The van der Waals surface area contributed by atoms with Gasteiger partial charge < -0.3 is 19.3 Å². The van der Waals surface area contributed by atoms with E-state index in [4.69, 9.17) is 9.47 Å². The number of amides is 2. The molecule has 2 aliphatic heterocycles. The minimum absolute atomic E-state index is 0.163. The predicted octanol–water partition coefficient (Wildman–Crippen LogP) is 3.48. The lowest BCUT2D eigenvalue weighted by molar-refractivity contribution is -0.147. The van der Waals surface area contributed by atoms with Crippen LogP contribution < -0.4 is 9.47 Å². The molecule has 0 unspecified atom stereocenters. The second kappa shape index (κ2) is 8.25. The molecular weight excluding hydrogens is 368 g/mol. The number of rotatable bonds is 6. The summed E-state index contributed by atoms with van der Waals surface area (Å²) in [6.07, 6.45) is 3.36. The number of carbonyl (C=O) groups excluding carboxylic acids is 2. The molecule has 2 amide bonds. The smallest absolute Gasteiger partial charge is 0.230 e. The van der Waals surface area contributed by atoms with Crippen LogP contribution in [0.5, 0.6) is 11.5 Å². The average molecular weight is 403 g/mol. The van der Waals surface area contributed by atoms with Crippen molar-refractivity contribution in [2.24, 2.45) is 10.8 Å². The normalized spacial score (nSPS) is 22.3. The van der Waals surface area contributed by atoms with Crippen molar-refractivity contribution in [3.8, 4) is 11.5 Å². The van der Waals surface area contributed by atoms with Gasteiger partial charge in [-0.3, -0.25) is 9.59 Å². The van der Waals surface area contributed by atoms with Crippen LogP contribution in [-0.4, -0.2) is 55.5 Å². The molecule has 0 bridgehead atoms. The van der Waals surface area contributed by atoms with Crippen molar-refractivity contribution in [3.63, 3.8) is 0 Å². The van der Waals surface area contributed by atoms with Gasteiger partial charge in [0.15, 0.2) is 11.5 Å². The van der Waals surface area contributed by atoms with Crippen molar-refractivity contribution in [2.45, 2.75) is 53.0 Å². The van der Waals surface area contributed by atoms with Gasteiger partial charge in [0.2, 0.25) is 11.8 Å². The molecule has 0 radical (unpaired) electrons. The minimum atomic E-state index is -0.441. The van der Waals surface area contributed by atoms with Crippen LogP contribution in [0.1, 0.15) is 52.0 Å². The van der Waals surface area contributed by atoms with Gasteiger partial charge in [0.25, 0.3) is 0 Å². The Morgan fingerprint density at radius 2 is 1.93 bits per heavy atom. The summed E-state index contributed by atoms with van der Waals surface area (Å²) in [4.78, 5) is 30.3. The molecule has 1 spiro atoms. The molecule has 2 aliphatic rings. The Bertz CT molecular complexity index is 776. The lowest BCUT2D eigenvalue weighted by atomic mass is 9.78. The Hall–Kier alpha value is -2.24. The van der Waals surface area contributed by atoms with Gasteiger partial charge >= 0.3 is 0 Å². The summed E-state index contributed by atoms with van der Waals surface area (Å²) in [5.74, 6) is 1.67. The number of methoxy groups -OCH3 is 2. The van der Waals surface area contributed by atoms with Gasteiger partial charge in [-0.1, -0.05) is 32.9 Å². The van der Waals surface area contributed by atoms with Crippen molar-refractivity contribution in [1.82, 2.24) is 9.80 Å². The maximum atomic E-state index is 13.5. The fourth-order valence-electron chi connectivity index (χ4n) is 4.59. The highest BCUT2D eigenvalue weighted by Gasteiger charge is 2.50. The summed E-state index contributed by atoms with van der Waals surface area (Å²) in [5, 5.41) is 0. The number of hydrogen-bond donors (Lipinski definition) is 0. The predicted molar refractivity (Wildman–Crippen MR) is 112 cm³/mol. The summed E-state index contributed by atoms with van der Waals surface area (Å²) in [6, 6.07) is 5.76. The third-order valence-corrected chi connectivity index (χ3v) is 6.77. The molecule has 2 heterocycles. The molecule has 6 heteroatoms. The van der Waals surface area contributed by atoms with E-state index in [2.05, 4.69) is 0 Å². The second-order valence-electron chi connectivity index (χ2n) is 8.98. The highest BCUT2D eigenvalue weighted by molar-refractivity contribution is 5.87. The van der Waals surface area contributed by atoms with Gasteiger partial charge in [-0.05, 0) is 31.7 Å². The highest BCUT2D eigenvalue weighted by atomic mass is 16.5. The van der Waals surface area contributed by atoms with Gasteiger partial charge in [-0.15, -0.1) is 0 Å². The van der Waals surface area contributed by atoms with Crippen molar-refractivity contribution < 1.29 is 19.1 Å². The first-order valence-electron chi connectivity index (χ1n) is 10.6. The topological polar surface area (TPSA) is 59.1 Å². The van der Waals surface area contributed by atoms with Crippen LogP contribution in [0, 0.1) is 10.8 Å². The summed E-state index contributed by atoms with van der Waals surface area (Å²) in [5.41, 5.74) is 0.121. The van der Waals surface area contributed by atoms with Crippen LogP contribution in [-0.2, 0) is 16.1 Å². The molecule has 1 aromatic rings. The van der Waals surface area contributed by atoms with Gasteiger partial charge in [0.1, 0.15) is 0 Å². The standard InChI is InChI=1S/C23H34N2O4/c1-6-22(2,3)20(26)25-14-12-23(16-25)11-8-13-24(21(23)27)15-17-9-7-10-18(28-4)19(17)29-5/h7,9-10H,6,8,11-16H2,1-5H3/t23-/m1/s1. The van der Waals surface area contributed by atoms with E-state index in [1.54, 1.807) is 14.2 Å². The molecule has 1 aromatic carbocycles. The quantitative estimate of drug-likeness (QED) is 0.731. The van der Waals surface area contributed by atoms with E-state index in [9.17, 15) is 9.59 Å². The first-order valence-corrected chi connectivity index (χ1v) is 10.6. The number of carbonyl (C=O) groups is 2. The van der Waals surface area contributed by atoms with E-state index < -0.39 is 5.41 Å². The van der Waals surface area contributed by atoms with E-state index in [0.717, 1.165) is 37.8 Å². The van der Waals surface area contributed by atoms with Gasteiger partial charge in [0.05, 0.1) is 19.6 Å². The molecule has 0 aromatic heterocycles. The molecule has 0 aliphatic carbocycles. The molecule has 6 nitrogen and oxygen atoms in total. The molecule has 2 fully saturated rings. The largest absolute Gasteiger partial charge is 0.493 e. The summed E-state index contributed by atoms with van der Waals surface area (Å²) >= 11 is 0. The zero-order chi connectivity index (χ0) is 21.2. The Morgan fingerprint density at radius 3 is 2.59 bits per heavy atom. The Morgan fingerprint density at radius 1 is 1.17 bits per heavy atom. The van der Waals surface area contributed by atoms with Crippen molar-refractivity contribution >= 4 is 11.8 Å².